The molecule has 10 nitrogen and oxygen atoms in total. The van der Waals surface area contributed by atoms with Crippen LogP contribution in [0.1, 0.15) is 94.6 Å². The largest absolute Gasteiger partial charge is 0.492 e. The highest BCUT2D eigenvalue weighted by atomic mass is 35.5. The van der Waals surface area contributed by atoms with Crippen molar-refractivity contribution in [2.45, 2.75) is 90.6 Å². The number of nitrogens with zero attached hydrogens (tertiary/aromatic N) is 3. The van der Waals surface area contributed by atoms with E-state index in [0.29, 0.717) is 63.1 Å². The Morgan fingerprint density at radius 3 is 2.54 bits per heavy atom. The van der Waals surface area contributed by atoms with Gasteiger partial charge in [0.2, 0.25) is 5.91 Å². The molecule has 3 heterocycles. The molecule has 0 saturated heterocycles. The van der Waals surface area contributed by atoms with Crippen molar-refractivity contribution in [3.8, 4) is 17.6 Å². The van der Waals surface area contributed by atoms with Gasteiger partial charge < -0.3 is 34.7 Å². The molecule has 6 rings (SSSR count). The lowest BCUT2D eigenvalue weighted by Crippen LogP contribution is -2.36. The van der Waals surface area contributed by atoms with E-state index in [-0.39, 0.29) is 17.9 Å². The number of amides is 1. The number of hydrogen-bond donors (Lipinski definition) is 3. The lowest BCUT2D eigenvalue weighted by atomic mass is 9.72. The second-order valence-corrected chi connectivity index (χ2v) is 14.9. The number of rotatable bonds is 12. The third-order valence-electron chi connectivity index (χ3n) is 10.2. The van der Waals surface area contributed by atoms with Crippen LogP contribution in [-0.2, 0) is 17.8 Å². The Morgan fingerprint density at radius 1 is 1.06 bits per heavy atom. The zero-order valence-corrected chi connectivity index (χ0v) is 31.5. The second kappa shape index (κ2) is 17.4. The maximum atomic E-state index is 12.9. The summed E-state index contributed by atoms with van der Waals surface area (Å²) in [6, 6.07) is 13.3. The third-order valence-corrected chi connectivity index (χ3v) is 10.5. The molecule has 4 aromatic rings. The van der Waals surface area contributed by atoms with Crippen LogP contribution in [0, 0.1) is 16.7 Å². The van der Waals surface area contributed by atoms with Crippen molar-refractivity contribution in [2.75, 3.05) is 49.7 Å². The van der Waals surface area contributed by atoms with Gasteiger partial charge in [0.1, 0.15) is 35.7 Å². The first-order valence-corrected chi connectivity index (χ1v) is 19.1. The molecule has 1 spiro atoms. The van der Waals surface area contributed by atoms with Crippen molar-refractivity contribution in [1.82, 2.24) is 9.88 Å². The lowest BCUT2D eigenvalue weighted by molar-refractivity contribution is -0.116. The molecule has 2 aromatic heterocycles. The molecule has 1 aliphatic carbocycles. The average molecular weight is 727 g/mol. The van der Waals surface area contributed by atoms with Gasteiger partial charge in [0.15, 0.2) is 0 Å². The van der Waals surface area contributed by atoms with E-state index < -0.39 is 0 Å². The zero-order valence-electron chi connectivity index (χ0n) is 30.7. The van der Waals surface area contributed by atoms with Crippen LogP contribution in [0.3, 0.4) is 0 Å². The van der Waals surface area contributed by atoms with Crippen LogP contribution < -0.4 is 25.4 Å². The molecule has 1 amide bonds. The zero-order chi connectivity index (χ0) is 36.5. The topological polar surface area (TPSA) is 125 Å². The van der Waals surface area contributed by atoms with Gasteiger partial charge in [-0.05, 0) is 76.5 Å². The molecule has 1 saturated carbocycles. The molecule has 1 fully saturated rings. The van der Waals surface area contributed by atoms with E-state index in [1.165, 1.54) is 64.0 Å². The third kappa shape index (κ3) is 9.30. The number of nitriles is 1. The number of furan rings is 1. The SMILES string of the molecule is CCOc1cc2ncc(C#N)c(Nc3ccc(OCc4cc5c(o4)CC4(CCCCCCCCC4)CN5)c(Cl)c3)c2cc1NC(=O)CCCN(C)C. The number of benzene rings is 2. The molecular formula is C41H51ClN6O4. The number of nitrogens with one attached hydrogen (secondary N) is 3. The van der Waals surface area contributed by atoms with Crippen molar-refractivity contribution in [3.63, 3.8) is 0 Å². The predicted octanol–water partition coefficient (Wildman–Crippen LogP) is 9.83. The van der Waals surface area contributed by atoms with Gasteiger partial charge in [-0.1, -0.05) is 56.5 Å². The number of carbonyl (C=O) groups excluding carboxylic acids is 1. The van der Waals surface area contributed by atoms with Crippen molar-refractivity contribution in [3.05, 3.63) is 64.7 Å². The van der Waals surface area contributed by atoms with Gasteiger partial charge in [-0.15, -0.1) is 0 Å². The number of aromatic nitrogens is 1. The first-order valence-electron chi connectivity index (χ1n) is 18.7. The summed E-state index contributed by atoms with van der Waals surface area (Å²) < 4.78 is 18.4. The molecule has 2 aliphatic rings. The molecular weight excluding hydrogens is 676 g/mol. The number of hydrogen-bond acceptors (Lipinski definition) is 9. The Balaban J connectivity index is 1.15. The van der Waals surface area contributed by atoms with E-state index in [2.05, 4.69) is 33.1 Å². The average Bonchev–Trinajstić information content (AvgIpc) is 3.53. The number of fused-ring (bicyclic) bond motifs is 2. The van der Waals surface area contributed by atoms with Crippen LogP contribution in [0.15, 0.2) is 47.0 Å². The van der Waals surface area contributed by atoms with Crippen molar-refractivity contribution < 1.29 is 18.7 Å². The summed E-state index contributed by atoms with van der Waals surface area (Å²) in [4.78, 5) is 19.4. The highest BCUT2D eigenvalue weighted by molar-refractivity contribution is 6.32. The molecule has 0 bridgehead atoms. The highest BCUT2D eigenvalue weighted by Crippen LogP contribution is 2.43. The van der Waals surface area contributed by atoms with Gasteiger partial charge in [0.25, 0.3) is 0 Å². The van der Waals surface area contributed by atoms with Crippen LogP contribution in [-0.4, -0.2) is 49.6 Å². The number of carbonyl (C=O) groups is 1. The first-order chi connectivity index (χ1) is 25.3. The maximum Gasteiger partial charge on any atom is 0.224 e. The van der Waals surface area contributed by atoms with E-state index >= 15 is 0 Å². The number of pyridine rings is 1. The van der Waals surface area contributed by atoms with E-state index in [0.717, 1.165) is 43.1 Å². The minimum Gasteiger partial charge on any atom is -0.492 e. The van der Waals surface area contributed by atoms with E-state index in [1.54, 1.807) is 18.2 Å². The van der Waals surface area contributed by atoms with E-state index in [1.807, 2.05) is 38.1 Å². The summed E-state index contributed by atoms with van der Waals surface area (Å²) in [6.07, 6.45) is 15.4. The fourth-order valence-electron chi connectivity index (χ4n) is 7.45. The Labute approximate surface area is 312 Å². The van der Waals surface area contributed by atoms with Gasteiger partial charge in [0.05, 0.1) is 39.8 Å². The molecule has 52 heavy (non-hydrogen) atoms. The summed E-state index contributed by atoms with van der Waals surface area (Å²) in [6.45, 7) is 4.37. The van der Waals surface area contributed by atoms with Crippen LogP contribution in [0.25, 0.3) is 10.9 Å². The van der Waals surface area contributed by atoms with Gasteiger partial charge >= 0.3 is 0 Å². The smallest absolute Gasteiger partial charge is 0.224 e. The van der Waals surface area contributed by atoms with E-state index in [4.69, 9.17) is 25.5 Å². The maximum absolute atomic E-state index is 12.9. The van der Waals surface area contributed by atoms with E-state index in [9.17, 15) is 10.1 Å². The first kappa shape index (κ1) is 37.3. The second-order valence-electron chi connectivity index (χ2n) is 14.5. The molecule has 2 aromatic carbocycles. The summed E-state index contributed by atoms with van der Waals surface area (Å²) in [7, 11) is 3.96. The number of anilines is 4. The van der Waals surface area contributed by atoms with Crippen LogP contribution in [0.2, 0.25) is 5.02 Å². The van der Waals surface area contributed by atoms with Crippen molar-refractivity contribution >= 4 is 51.2 Å². The molecule has 0 radical (unpaired) electrons. The standard InChI is InChI=1S/C41H51ClN6O4/c1-4-50-37-22-33-31(21-35(37)47-39(49)13-12-18-48(2)3)40(28(24-43)25-44-33)46-29-14-15-36(32(42)19-29)51-26-30-20-34-38(52-30)23-41(27-45-34)16-10-8-6-5-7-9-11-17-41/h14-15,19-22,25,45H,4-13,16-18,23,26-27H2,1-3H3,(H,44,46)(H,47,49). The Kier molecular flexibility index (Phi) is 12.5. The van der Waals surface area contributed by atoms with Crippen LogP contribution >= 0.6 is 11.6 Å². The van der Waals surface area contributed by atoms with Gasteiger partial charge in [0, 0.05) is 48.8 Å². The summed E-state index contributed by atoms with van der Waals surface area (Å²) >= 11 is 6.75. The lowest BCUT2D eigenvalue weighted by Gasteiger charge is -2.38. The molecule has 11 heteroatoms. The Hall–Kier alpha value is -4.46. The Morgan fingerprint density at radius 2 is 1.83 bits per heavy atom. The normalized spacial score (nSPS) is 15.8. The van der Waals surface area contributed by atoms with Crippen LogP contribution in [0.5, 0.6) is 11.5 Å². The molecule has 3 N–H and O–H groups in total. The number of ether oxygens (including phenoxy) is 2. The molecule has 0 atom stereocenters. The molecule has 276 valence electrons. The fraction of sp³-hybridized carbons (Fsp3) is 0.488. The minimum absolute atomic E-state index is 0.112. The summed E-state index contributed by atoms with van der Waals surface area (Å²) in [5.74, 6) is 2.73. The molecule has 0 unspecified atom stereocenters. The van der Waals surface area contributed by atoms with Crippen molar-refractivity contribution in [2.24, 2.45) is 5.41 Å². The predicted molar refractivity (Wildman–Crippen MR) is 208 cm³/mol. The summed E-state index contributed by atoms with van der Waals surface area (Å²) in [5, 5.41) is 21.2. The van der Waals surface area contributed by atoms with Crippen molar-refractivity contribution in [1.29, 1.82) is 5.26 Å². The van der Waals surface area contributed by atoms with Gasteiger partial charge in [-0.2, -0.15) is 5.26 Å². The molecule has 1 aliphatic heterocycles. The van der Waals surface area contributed by atoms with Gasteiger partial charge in [-0.3, -0.25) is 9.78 Å². The quantitative estimate of drug-likeness (QED) is 0.131. The Bertz CT molecular complexity index is 1890. The van der Waals surface area contributed by atoms with Crippen LogP contribution in [0.4, 0.5) is 22.7 Å². The fourth-order valence-corrected chi connectivity index (χ4v) is 7.69. The summed E-state index contributed by atoms with van der Waals surface area (Å²) in [5.41, 5.74) is 4.04. The highest BCUT2D eigenvalue weighted by Gasteiger charge is 2.36. The van der Waals surface area contributed by atoms with Gasteiger partial charge in [-0.25, -0.2) is 0 Å². The number of halogens is 1. The monoisotopic (exact) mass is 726 g/mol. The minimum atomic E-state index is -0.112.